The Morgan fingerprint density at radius 3 is 2.95 bits per heavy atom. The monoisotopic (exact) mass is 273 g/mol. The van der Waals surface area contributed by atoms with Gasteiger partial charge in [-0.25, -0.2) is 4.98 Å². The van der Waals surface area contributed by atoms with Gasteiger partial charge in [0, 0.05) is 12.6 Å². The molecule has 2 heterocycles. The summed E-state index contributed by atoms with van der Waals surface area (Å²) in [6.07, 6.45) is 3.90. The zero-order valence-electron chi connectivity index (χ0n) is 11.6. The number of nitrogens with zero attached hydrogens (tertiary/aromatic N) is 2. The fraction of sp³-hybridized carbons (Fsp3) is 0.467. The lowest BCUT2D eigenvalue weighted by Crippen LogP contribution is -2.32. The van der Waals surface area contributed by atoms with Gasteiger partial charge in [0.15, 0.2) is 0 Å². The number of hydrogen-bond acceptors (Lipinski definition) is 4. The first kappa shape index (κ1) is 13.1. The van der Waals surface area contributed by atoms with E-state index < -0.39 is 0 Å². The van der Waals surface area contributed by atoms with Crippen LogP contribution in [-0.4, -0.2) is 29.8 Å². The van der Waals surface area contributed by atoms with Gasteiger partial charge < -0.3 is 10.1 Å². The summed E-state index contributed by atoms with van der Waals surface area (Å²) in [5.74, 6) is 1.28. The van der Waals surface area contributed by atoms with Gasteiger partial charge in [0.1, 0.15) is 5.75 Å². The maximum atomic E-state index is 12.5. The van der Waals surface area contributed by atoms with Gasteiger partial charge in [-0.15, -0.1) is 0 Å². The molecule has 0 saturated carbocycles. The van der Waals surface area contributed by atoms with Crippen molar-refractivity contribution in [1.29, 1.82) is 0 Å². The summed E-state index contributed by atoms with van der Waals surface area (Å²) in [7, 11) is 1.61. The van der Waals surface area contributed by atoms with Crippen molar-refractivity contribution in [3.63, 3.8) is 0 Å². The molecule has 0 radical (unpaired) electrons. The number of piperidine rings is 1. The van der Waals surface area contributed by atoms with Crippen LogP contribution in [0.1, 0.15) is 12.8 Å². The Morgan fingerprint density at radius 1 is 1.40 bits per heavy atom. The van der Waals surface area contributed by atoms with Crippen LogP contribution in [0.2, 0.25) is 0 Å². The summed E-state index contributed by atoms with van der Waals surface area (Å²) < 4.78 is 6.90. The molecule has 1 saturated heterocycles. The van der Waals surface area contributed by atoms with Crippen LogP contribution in [0.25, 0.3) is 10.9 Å². The van der Waals surface area contributed by atoms with E-state index in [1.54, 1.807) is 36.2 Å². The Labute approximate surface area is 117 Å². The van der Waals surface area contributed by atoms with Gasteiger partial charge in [0.25, 0.3) is 5.56 Å². The van der Waals surface area contributed by atoms with Gasteiger partial charge in [0.2, 0.25) is 0 Å². The third-order valence-corrected chi connectivity index (χ3v) is 3.95. The lowest BCUT2D eigenvalue weighted by molar-refractivity contribution is 0.329. The van der Waals surface area contributed by atoms with Crippen molar-refractivity contribution in [2.24, 2.45) is 5.92 Å². The molecule has 1 aromatic heterocycles. The van der Waals surface area contributed by atoms with Gasteiger partial charge in [-0.3, -0.25) is 9.36 Å². The molecule has 5 heteroatoms. The Kier molecular flexibility index (Phi) is 3.69. The van der Waals surface area contributed by atoms with Gasteiger partial charge in [-0.2, -0.15) is 0 Å². The van der Waals surface area contributed by atoms with Crippen LogP contribution in [-0.2, 0) is 6.54 Å². The molecular weight excluding hydrogens is 254 g/mol. The summed E-state index contributed by atoms with van der Waals surface area (Å²) >= 11 is 0. The molecule has 0 unspecified atom stereocenters. The highest BCUT2D eigenvalue weighted by molar-refractivity contribution is 5.78. The normalized spacial score (nSPS) is 16.4. The van der Waals surface area contributed by atoms with Crippen LogP contribution in [0.5, 0.6) is 5.75 Å². The molecule has 0 amide bonds. The molecule has 106 valence electrons. The highest BCUT2D eigenvalue weighted by Crippen LogP contribution is 2.17. The predicted octanol–water partition coefficient (Wildman–Crippen LogP) is 1.40. The number of hydrogen-bond donors (Lipinski definition) is 1. The van der Waals surface area contributed by atoms with E-state index in [4.69, 9.17) is 4.74 Å². The highest BCUT2D eigenvalue weighted by atomic mass is 16.5. The zero-order chi connectivity index (χ0) is 13.9. The van der Waals surface area contributed by atoms with E-state index >= 15 is 0 Å². The molecule has 0 bridgehead atoms. The lowest BCUT2D eigenvalue weighted by Gasteiger charge is -2.23. The van der Waals surface area contributed by atoms with Gasteiger partial charge >= 0.3 is 0 Å². The van der Waals surface area contributed by atoms with E-state index in [-0.39, 0.29) is 5.56 Å². The second-order valence-electron chi connectivity index (χ2n) is 5.28. The van der Waals surface area contributed by atoms with Crippen LogP contribution in [0.4, 0.5) is 0 Å². The molecular formula is C15H19N3O2. The van der Waals surface area contributed by atoms with Crippen molar-refractivity contribution in [1.82, 2.24) is 14.9 Å². The van der Waals surface area contributed by atoms with Crippen LogP contribution < -0.4 is 15.6 Å². The Hall–Kier alpha value is -1.88. The Balaban J connectivity index is 1.92. The van der Waals surface area contributed by atoms with Crippen molar-refractivity contribution >= 4 is 10.9 Å². The first-order valence-electron chi connectivity index (χ1n) is 7.02. The summed E-state index contributed by atoms with van der Waals surface area (Å²) in [4.78, 5) is 16.9. The number of rotatable bonds is 3. The predicted molar refractivity (Wildman–Crippen MR) is 78.1 cm³/mol. The molecule has 20 heavy (non-hydrogen) atoms. The summed E-state index contributed by atoms with van der Waals surface area (Å²) in [6, 6.07) is 5.40. The first-order chi connectivity index (χ1) is 9.78. The maximum absolute atomic E-state index is 12.5. The number of aromatic nitrogens is 2. The minimum absolute atomic E-state index is 0.0381. The molecule has 3 rings (SSSR count). The fourth-order valence-electron chi connectivity index (χ4n) is 2.74. The maximum Gasteiger partial charge on any atom is 0.261 e. The number of nitrogens with one attached hydrogen (secondary N) is 1. The molecule has 1 N–H and O–H groups in total. The number of fused-ring (bicyclic) bond motifs is 1. The van der Waals surface area contributed by atoms with Crippen LogP contribution >= 0.6 is 0 Å². The van der Waals surface area contributed by atoms with Crippen LogP contribution in [0, 0.1) is 5.92 Å². The minimum atomic E-state index is 0.0381. The highest BCUT2D eigenvalue weighted by Gasteiger charge is 2.15. The summed E-state index contributed by atoms with van der Waals surface area (Å²) in [5.41, 5.74) is 0.729. The van der Waals surface area contributed by atoms with Crippen molar-refractivity contribution in [3.8, 4) is 5.75 Å². The van der Waals surface area contributed by atoms with Crippen molar-refractivity contribution < 1.29 is 4.74 Å². The molecule has 1 fully saturated rings. The summed E-state index contributed by atoms with van der Waals surface area (Å²) in [6.45, 7) is 2.84. The molecule has 0 aliphatic carbocycles. The van der Waals surface area contributed by atoms with Crippen molar-refractivity contribution in [3.05, 3.63) is 34.9 Å². The average Bonchev–Trinajstić information content (AvgIpc) is 2.51. The smallest absolute Gasteiger partial charge is 0.261 e. The van der Waals surface area contributed by atoms with Gasteiger partial charge in [-0.05, 0) is 44.0 Å². The molecule has 1 aromatic carbocycles. The SMILES string of the molecule is COc1ccc2c(=O)n(CC3CCNCC3)cnc2c1. The van der Waals surface area contributed by atoms with E-state index in [2.05, 4.69) is 10.3 Å². The molecule has 0 atom stereocenters. The van der Waals surface area contributed by atoms with E-state index in [1.165, 1.54) is 0 Å². The Morgan fingerprint density at radius 2 is 2.20 bits per heavy atom. The molecule has 0 spiro atoms. The third kappa shape index (κ3) is 2.54. The Bertz CT molecular complexity index is 660. The van der Waals surface area contributed by atoms with E-state index in [0.29, 0.717) is 16.8 Å². The standard InChI is InChI=1S/C15H19N3O2/c1-20-12-2-3-13-14(8-12)17-10-18(15(13)19)9-11-4-6-16-7-5-11/h2-3,8,10-11,16H,4-7,9H2,1H3. The lowest BCUT2D eigenvalue weighted by atomic mass is 9.98. The molecule has 2 aromatic rings. The van der Waals surface area contributed by atoms with E-state index in [0.717, 1.165) is 38.2 Å². The second-order valence-corrected chi connectivity index (χ2v) is 5.28. The first-order valence-corrected chi connectivity index (χ1v) is 7.02. The zero-order valence-corrected chi connectivity index (χ0v) is 11.6. The van der Waals surface area contributed by atoms with Crippen molar-refractivity contribution in [2.45, 2.75) is 19.4 Å². The minimum Gasteiger partial charge on any atom is -0.497 e. The van der Waals surface area contributed by atoms with E-state index in [1.807, 2.05) is 0 Å². The quantitative estimate of drug-likeness (QED) is 0.918. The molecule has 5 nitrogen and oxygen atoms in total. The van der Waals surface area contributed by atoms with Crippen molar-refractivity contribution in [2.75, 3.05) is 20.2 Å². The largest absolute Gasteiger partial charge is 0.497 e. The third-order valence-electron chi connectivity index (χ3n) is 3.95. The number of methoxy groups -OCH3 is 1. The number of benzene rings is 1. The average molecular weight is 273 g/mol. The van der Waals surface area contributed by atoms with Gasteiger partial charge in [0.05, 0.1) is 24.3 Å². The topological polar surface area (TPSA) is 56.1 Å². The van der Waals surface area contributed by atoms with E-state index in [9.17, 15) is 4.79 Å². The number of ether oxygens (including phenoxy) is 1. The second kappa shape index (κ2) is 5.63. The fourth-order valence-corrected chi connectivity index (χ4v) is 2.74. The van der Waals surface area contributed by atoms with Crippen LogP contribution in [0.3, 0.4) is 0 Å². The molecule has 1 aliphatic rings. The van der Waals surface area contributed by atoms with Crippen LogP contribution in [0.15, 0.2) is 29.3 Å². The summed E-state index contributed by atoms with van der Waals surface area (Å²) in [5, 5.41) is 4.00. The van der Waals surface area contributed by atoms with Gasteiger partial charge in [-0.1, -0.05) is 0 Å². The molecule has 1 aliphatic heterocycles.